The molecule has 8 nitrogen and oxygen atoms in total. The van der Waals surface area contributed by atoms with E-state index in [1.807, 2.05) is 36.4 Å². The average Bonchev–Trinajstić information content (AvgIpc) is 3.14. The van der Waals surface area contributed by atoms with Crippen LogP contribution in [0.15, 0.2) is 48.5 Å². The van der Waals surface area contributed by atoms with Crippen molar-refractivity contribution >= 4 is 18.0 Å². The van der Waals surface area contributed by atoms with Gasteiger partial charge >= 0.3 is 12.1 Å². The number of carboxylic acids is 1. The number of amides is 2. The summed E-state index contributed by atoms with van der Waals surface area (Å²) >= 11 is 0. The Hall–Kier alpha value is -3.39. The van der Waals surface area contributed by atoms with Crippen LogP contribution in [0.2, 0.25) is 0 Å². The van der Waals surface area contributed by atoms with Crippen LogP contribution in [-0.4, -0.2) is 55.5 Å². The molecule has 0 saturated carbocycles. The van der Waals surface area contributed by atoms with Gasteiger partial charge in [-0.1, -0.05) is 48.5 Å². The van der Waals surface area contributed by atoms with Crippen molar-refractivity contribution in [2.24, 2.45) is 5.41 Å². The molecule has 34 heavy (non-hydrogen) atoms. The second-order valence-electron chi connectivity index (χ2n) is 9.12. The number of carbonyl (C=O) groups is 3. The number of methoxy groups -OCH3 is 1. The highest BCUT2D eigenvalue weighted by Gasteiger charge is 2.32. The Bertz CT molecular complexity index is 1010. The Morgan fingerprint density at radius 2 is 1.59 bits per heavy atom. The second-order valence-corrected chi connectivity index (χ2v) is 9.12. The first kappa shape index (κ1) is 25.2. The number of alkyl carbamates (subject to hydrolysis) is 1. The molecule has 0 saturated heterocycles. The van der Waals surface area contributed by atoms with E-state index in [9.17, 15) is 19.5 Å². The predicted molar refractivity (Wildman–Crippen MR) is 128 cm³/mol. The number of carbonyl (C=O) groups excluding carboxylic acids is 2. The molecule has 0 bridgehead atoms. The SMILES string of the molecule is COC(C)C(NC(=O)OCC1c2ccccc2-c2ccccc21)C(=O)NCCC(C)(C)C(=O)O. The summed E-state index contributed by atoms with van der Waals surface area (Å²) in [5.41, 5.74) is 3.47. The minimum Gasteiger partial charge on any atom is -0.481 e. The van der Waals surface area contributed by atoms with Crippen molar-refractivity contribution in [2.75, 3.05) is 20.3 Å². The van der Waals surface area contributed by atoms with Gasteiger partial charge in [0.15, 0.2) is 0 Å². The fraction of sp³-hybridized carbons (Fsp3) is 0.423. The molecule has 2 aromatic rings. The van der Waals surface area contributed by atoms with Crippen molar-refractivity contribution in [3.05, 3.63) is 59.7 Å². The molecule has 0 radical (unpaired) electrons. The molecule has 3 rings (SSSR count). The third-order valence-electron chi connectivity index (χ3n) is 6.37. The van der Waals surface area contributed by atoms with E-state index in [4.69, 9.17) is 9.47 Å². The van der Waals surface area contributed by atoms with Gasteiger partial charge in [0.25, 0.3) is 0 Å². The number of fused-ring (bicyclic) bond motifs is 3. The van der Waals surface area contributed by atoms with E-state index < -0.39 is 35.5 Å². The Labute approximate surface area is 199 Å². The highest BCUT2D eigenvalue weighted by Crippen LogP contribution is 2.44. The Morgan fingerprint density at radius 3 is 2.12 bits per heavy atom. The number of ether oxygens (including phenoxy) is 2. The van der Waals surface area contributed by atoms with Crippen molar-refractivity contribution < 1.29 is 29.0 Å². The summed E-state index contributed by atoms with van der Waals surface area (Å²) in [6.45, 7) is 5.12. The largest absolute Gasteiger partial charge is 0.481 e. The third kappa shape index (κ3) is 5.56. The number of hydrogen-bond donors (Lipinski definition) is 3. The van der Waals surface area contributed by atoms with Crippen LogP contribution in [0, 0.1) is 5.41 Å². The van der Waals surface area contributed by atoms with Crippen LogP contribution in [0.1, 0.15) is 44.2 Å². The molecular formula is C26H32N2O6. The van der Waals surface area contributed by atoms with Gasteiger partial charge in [0.1, 0.15) is 12.6 Å². The van der Waals surface area contributed by atoms with E-state index >= 15 is 0 Å². The molecule has 1 aliphatic carbocycles. The van der Waals surface area contributed by atoms with Crippen LogP contribution in [-0.2, 0) is 19.1 Å². The van der Waals surface area contributed by atoms with Gasteiger partial charge in [0.2, 0.25) is 5.91 Å². The zero-order valence-electron chi connectivity index (χ0n) is 20.0. The number of benzene rings is 2. The van der Waals surface area contributed by atoms with E-state index in [0.29, 0.717) is 0 Å². The van der Waals surface area contributed by atoms with E-state index in [1.165, 1.54) is 7.11 Å². The molecule has 0 aromatic heterocycles. The van der Waals surface area contributed by atoms with Gasteiger partial charge in [0.05, 0.1) is 11.5 Å². The summed E-state index contributed by atoms with van der Waals surface area (Å²) in [6, 6.07) is 15.1. The highest BCUT2D eigenvalue weighted by molar-refractivity contribution is 5.86. The Morgan fingerprint density at radius 1 is 1.03 bits per heavy atom. The van der Waals surface area contributed by atoms with Crippen LogP contribution >= 0.6 is 0 Å². The molecule has 2 unspecified atom stereocenters. The van der Waals surface area contributed by atoms with Gasteiger partial charge in [-0.15, -0.1) is 0 Å². The minimum absolute atomic E-state index is 0.0940. The van der Waals surface area contributed by atoms with E-state index in [1.54, 1.807) is 20.8 Å². The number of nitrogens with one attached hydrogen (secondary N) is 2. The van der Waals surface area contributed by atoms with Gasteiger partial charge in [-0.3, -0.25) is 9.59 Å². The van der Waals surface area contributed by atoms with Crippen molar-refractivity contribution in [3.63, 3.8) is 0 Å². The first-order valence-electron chi connectivity index (χ1n) is 11.3. The normalized spacial score (nSPS) is 14.5. The standard InChI is InChI=1S/C26H32N2O6/c1-16(33-4)22(23(29)27-14-13-26(2,3)24(30)31)28-25(32)34-15-21-19-11-7-5-9-17(19)18-10-6-8-12-20(18)21/h5-12,16,21-22H,13-15H2,1-4H3,(H,27,29)(H,28,32)(H,30,31). The first-order chi connectivity index (χ1) is 16.2. The van der Waals surface area contributed by atoms with E-state index in [0.717, 1.165) is 22.3 Å². The summed E-state index contributed by atoms with van der Waals surface area (Å²) in [5.74, 6) is -1.51. The fourth-order valence-corrected chi connectivity index (χ4v) is 4.01. The van der Waals surface area contributed by atoms with Crippen LogP contribution in [0.5, 0.6) is 0 Å². The molecule has 0 heterocycles. The number of carboxylic acid groups (broad SMARTS) is 1. The Balaban J connectivity index is 1.61. The van der Waals surface area contributed by atoms with Gasteiger partial charge in [0, 0.05) is 19.6 Å². The lowest BCUT2D eigenvalue weighted by molar-refractivity contribution is -0.147. The molecule has 0 fully saturated rings. The zero-order valence-corrected chi connectivity index (χ0v) is 20.0. The van der Waals surface area contributed by atoms with Crippen molar-refractivity contribution in [1.82, 2.24) is 10.6 Å². The topological polar surface area (TPSA) is 114 Å². The summed E-state index contributed by atoms with van der Waals surface area (Å²) < 4.78 is 10.8. The Kier molecular flexibility index (Phi) is 7.94. The van der Waals surface area contributed by atoms with Crippen molar-refractivity contribution in [3.8, 4) is 11.1 Å². The van der Waals surface area contributed by atoms with Crippen molar-refractivity contribution in [2.45, 2.75) is 45.3 Å². The maximum absolute atomic E-state index is 12.7. The lowest BCUT2D eigenvalue weighted by Crippen LogP contribution is -2.53. The molecular weight excluding hydrogens is 436 g/mol. The van der Waals surface area contributed by atoms with Crippen LogP contribution in [0.4, 0.5) is 4.79 Å². The van der Waals surface area contributed by atoms with E-state index in [2.05, 4.69) is 22.8 Å². The number of aliphatic carboxylic acids is 1. The predicted octanol–water partition coefficient (Wildman–Crippen LogP) is 3.55. The van der Waals surface area contributed by atoms with Crippen molar-refractivity contribution in [1.29, 1.82) is 0 Å². The zero-order chi connectivity index (χ0) is 24.9. The summed E-state index contributed by atoms with van der Waals surface area (Å²) in [4.78, 5) is 36.6. The smallest absolute Gasteiger partial charge is 0.407 e. The van der Waals surface area contributed by atoms with Crippen LogP contribution < -0.4 is 10.6 Å². The molecule has 8 heteroatoms. The molecule has 2 aromatic carbocycles. The third-order valence-corrected chi connectivity index (χ3v) is 6.37. The lowest BCUT2D eigenvalue weighted by Gasteiger charge is -2.25. The molecule has 2 atom stereocenters. The van der Waals surface area contributed by atoms with Crippen LogP contribution in [0.25, 0.3) is 11.1 Å². The van der Waals surface area contributed by atoms with Gasteiger partial charge in [-0.25, -0.2) is 4.79 Å². The minimum atomic E-state index is -0.992. The molecule has 0 spiro atoms. The summed E-state index contributed by atoms with van der Waals surface area (Å²) in [7, 11) is 1.44. The quantitative estimate of drug-likeness (QED) is 0.491. The average molecular weight is 469 g/mol. The summed E-state index contributed by atoms with van der Waals surface area (Å²) in [6.07, 6.45) is -1.10. The lowest BCUT2D eigenvalue weighted by atomic mass is 9.89. The monoisotopic (exact) mass is 468 g/mol. The first-order valence-corrected chi connectivity index (χ1v) is 11.3. The van der Waals surface area contributed by atoms with Crippen LogP contribution in [0.3, 0.4) is 0 Å². The number of rotatable bonds is 10. The van der Waals surface area contributed by atoms with E-state index in [-0.39, 0.29) is 25.5 Å². The molecule has 0 aliphatic heterocycles. The fourth-order valence-electron chi connectivity index (χ4n) is 4.01. The second kappa shape index (κ2) is 10.7. The maximum atomic E-state index is 12.7. The molecule has 182 valence electrons. The van der Waals surface area contributed by atoms with Gasteiger partial charge in [-0.2, -0.15) is 0 Å². The molecule has 2 amide bonds. The van der Waals surface area contributed by atoms with Gasteiger partial charge < -0.3 is 25.2 Å². The molecule has 3 N–H and O–H groups in total. The van der Waals surface area contributed by atoms with Gasteiger partial charge in [-0.05, 0) is 49.4 Å². The number of hydrogen-bond acceptors (Lipinski definition) is 5. The maximum Gasteiger partial charge on any atom is 0.407 e. The molecule has 1 aliphatic rings. The summed E-state index contributed by atoms with van der Waals surface area (Å²) in [5, 5.41) is 14.5. The highest BCUT2D eigenvalue weighted by atomic mass is 16.5.